The third-order valence-electron chi connectivity index (χ3n) is 2.42. The van der Waals surface area contributed by atoms with Gasteiger partial charge in [0, 0.05) is 12.0 Å². The first-order valence-corrected chi connectivity index (χ1v) is 5.49. The highest BCUT2D eigenvalue weighted by molar-refractivity contribution is 5.96. The molecule has 1 rings (SSSR count). The highest BCUT2D eigenvalue weighted by atomic mass is 16.4. The lowest BCUT2D eigenvalue weighted by molar-refractivity contribution is -0.139. The summed E-state index contributed by atoms with van der Waals surface area (Å²) in [6.45, 7) is 0. The van der Waals surface area contributed by atoms with Crippen LogP contribution in [0, 0.1) is 22.7 Å². The molecule has 1 aromatic rings. The van der Waals surface area contributed by atoms with Crippen LogP contribution in [0.1, 0.15) is 28.8 Å². The monoisotopic (exact) mass is 257 g/mol. The number of aliphatic carboxylic acids is 1. The number of benzene rings is 1. The molecule has 6 heteroatoms. The number of nitriles is 2. The van der Waals surface area contributed by atoms with Crippen LogP contribution in [-0.4, -0.2) is 23.0 Å². The summed E-state index contributed by atoms with van der Waals surface area (Å²) in [7, 11) is 0. The second kappa shape index (κ2) is 6.77. The Kier molecular flexibility index (Phi) is 5.06. The van der Waals surface area contributed by atoms with E-state index in [1.807, 2.05) is 12.1 Å². The topological polar surface area (TPSA) is 114 Å². The van der Waals surface area contributed by atoms with E-state index in [0.29, 0.717) is 5.56 Å². The average molecular weight is 257 g/mol. The summed E-state index contributed by atoms with van der Waals surface area (Å²) in [6.07, 6.45) is 0.0957. The zero-order valence-electron chi connectivity index (χ0n) is 9.96. The molecule has 1 amide bonds. The van der Waals surface area contributed by atoms with Crippen molar-refractivity contribution in [3.05, 3.63) is 35.4 Å². The molecule has 2 N–H and O–H groups in total. The van der Waals surface area contributed by atoms with E-state index in [4.69, 9.17) is 15.6 Å². The Morgan fingerprint density at radius 2 is 1.89 bits per heavy atom. The van der Waals surface area contributed by atoms with E-state index in [-0.39, 0.29) is 18.4 Å². The number of amides is 1. The maximum absolute atomic E-state index is 11.8. The fourth-order valence-corrected chi connectivity index (χ4v) is 1.40. The number of hydrogen-bond donors (Lipinski definition) is 2. The van der Waals surface area contributed by atoms with Crippen molar-refractivity contribution in [2.45, 2.75) is 18.9 Å². The number of nitrogens with zero attached hydrogens (tertiary/aromatic N) is 2. The lowest BCUT2D eigenvalue weighted by atomic mass is 10.1. The summed E-state index contributed by atoms with van der Waals surface area (Å²) >= 11 is 0. The molecule has 6 nitrogen and oxygen atoms in total. The van der Waals surface area contributed by atoms with Gasteiger partial charge in [-0.15, -0.1) is 0 Å². The molecule has 1 atom stereocenters. The van der Waals surface area contributed by atoms with Crippen molar-refractivity contribution in [1.29, 1.82) is 10.5 Å². The van der Waals surface area contributed by atoms with Crippen LogP contribution in [0.15, 0.2) is 24.3 Å². The maximum atomic E-state index is 11.8. The second-order valence-corrected chi connectivity index (χ2v) is 3.75. The van der Waals surface area contributed by atoms with Crippen LogP contribution in [0.2, 0.25) is 0 Å². The normalized spacial score (nSPS) is 10.8. The standard InChI is InChI=1S/C13H11N3O3/c14-7-1-2-11(13(18)19)16-12(17)10-5-3-9(8-15)4-6-10/h3-6,11H,1-2H2,(H,16,17)(H,18,19)/t11-/m1/s1. The predicted octanol–water partition coefficient (Wildman–Crippen LogP) is 1.05. The van der Waals surface area contributed by atoms with Crippen molar-refractivity contribution < 1.29 is 14.7 Å². The van der Waals surface area contributed by atoms with Gasteiger partial charge in [-0.1, -0.05) is 0 Å². The van der Waals surface area contributed by atoms with Gasteiger partial charge in [0.2, 0.25) is 0 Å². The summed E-state index contributed by atoms with van der Waals surface area (Å²) in [5.41, 5.74) is 0.679. The molecule has 0 radical (unpaired) electrons. The van der Waals surface area contributed by atoms with Gasteiger partial charge >= 0.3 is 5.97 Å². The molecule has 19 heavy (non-hydrogen) atoms. The average Bonchev–Trinajstić information content (AvgIpc) is 2.43. The molecule has 0 aliphatic heterocycles. The molecule has 0 aromatic heterocycles. The first kappa shape index (κ1) is 14.2. The molecular weight excluding hydrogens is 246 g/mol. The van der Waals surface area contributed by atoms with Gasteiger partial charge in [0.05, 0.1) is 17.7 Å². The minimum absolute atomic E-state index is 0.0462. The van der Waals surface area contributed by atoms with Crippen LogP contribution >= 0.6 is 0 Å². The number of carboxylic acids is 1. The third-order valence-corrected chi connectivity index (χ3v) is 2.42. The number of rotatable bonds is 5. The smallest absolute Gasteiger partial charge is 0.326 e. The molecule has 0 bridgehead atoms. The van der Waals surface area contributed by atoms with Crippen LogP contribution in [0.3, 0.4) is 0 Å². The fourth-order valence-electron chi connectivity index (χ4n) is 1.40. The van der Waals surface area contributed by atoms with E-state index in [1.54, 1.807) is 0 Å². The Balaban J connectivity index is 2.73. The van der Waals surface area contributed by atoms with Crippen LogP contribution < -0.4 is 5.32 Å². The zero-order valence-corrected chi connectivity index (χ0v) is 9.96. The van der Waals surface area contributed by atoms with E-state index in [2.05, 4.69) is 5.32 Å². The number of carbonyl (C=O) groups is 2. The Labute approximate surface area is 109 Å². The van der Waals surface area contributed by atoms with Crippen molar-refractivity contribution in [1.82, 2.24) is 5.32 Å². The number of carbonyl (C=O) groups excluding carboxylic acids is 1. The molecule has 0 unspecified atom stereocenters. The van der Waals surface area contributed by atoms with Crippen LogP contribution in [-0.2, 0) is 4.79 Å². The maximum Gasteiger partial charge on any atom is 0.326 e. The van der Waals surface area contributed by atoms with Gasteiger partial charge in [-0.25, -0.2) is 4.79 Å². The van der Waals surface area contributed by atoms with Gasteiger partial charge in [0.15, 0.2) is 0 Å². The summed E-state index contributed by atoms with van der Waals surface area (Å²) < 4.78 is 0. The Morgan fingerprint density at radius 1 is 1.26 bits per heavy atom. The minimum atomic E-state index is -1.18. The molecule has 1 aromatic carbocycles. The van der Waals surface area contributed by atoms with Crippen molar-refractivity contribution in [3.8, 4) is 12.1 Å². The molecule has 0 heterocycles. The SMILES string of the molecule is N#CCC[C@@H](NC(=O)c1ccc(C#N)cc1)C(=O)O. The van der Waals surface area contributed by atoms with Crippen molar-refractivity contribution >= 4 is 11.9 Å². The van der Waals surface area contributed by atoms with Gasteiger partial charge in [0.1, 0.15) is 6.04 Å². The predicted molar refractivity (Wildman–Crippen MR) is 64.9 cm³/mol. The van der Waals surface area contributed by atoms with Gasteiger partial charge < -0.3 is 10.4 Å². The first-order valence-electron chi connectivity index (χ1n) is 5.49. The molecule has 96 valence electrons. The summed E-state index contributed by atoms with van der Waals surface area (Å²) in [6, 6.07) is 8.48. The molecule has 0 saturated carbocycles. The lowest BCUT2D eigenvalue weighted by Crippen LogP contribution is -2.40. The Hall–Kier alpha value is -2.86. The van der Waals surface area contributed by atoms with Gasteiger partial charge in [-0.05, 0) is 30.7 Å². The summed E-state index contributed by atoms with van der Waals surface area (Å²) in [4.78, 5) is 22.7. The second-order valence-electron chi connectivity index (χ2n) is 3.75. The fraction of sp³-hybridized carbons (Fsp3) is 0.231. The molecule has 0 fully saturated rings. The van der Waals surface area contributed by atoms with Crippen molar-refractivity contribution in [2.75, 3.05) is 0 Å². The highest BCUT2D eigenvalue weighted by Gasteiger charge is 2.20. The highest BCUT2D eigenvalue weighted by Crippen LogP contribution is 2.05. The van der Waals surface area contributed by atoms with Crippen molar-refractivity contribution in [3.63, 3.8) is 0 Å². The number of hydrogen-bond acceptors (Lipinski definition) is 4. The van der Waals surface area contributed by atoms with E-state index in [9.17, 15) is 9.59 Å². The van der Waals surface area contributed by atoms with Crippen LogP contribution in [0.4, 0.5) is 0 Å². The molecule has 0 spiro atoms. The van der Waals surface area contributed by atoms with Crippen molar-refractivity contribution in [2.24, 2.45) is 0 Å². The van der Waals surface area contributed by atoms with Gasteiger partial charge in [-0.2, -0.15) is 10.5 Å². The molecule has 0 aliphatic rings. The van der Waals surface area contributed by atoms with Gasteiger partial charge in [0.25, 0.3) is 5.91 Å². The Bertz CT molecular complexity index is 552. The van der Waals surface area contributed by atoms with E-state index < -0.39 is 17.9 Å². The molecule has 0 aliphatic carbocycles. The summed E-state index contributed by atoms with van der Waals surface area (Å²) in [5.74, 6) is -1.73. The largest absolute Gasteiger partial charge is 0.480 e. The quantitative estimate of drug-likeness (QED) is 0.818. The number of nitrogens with one attached hydrogen (secondary N) is 1. The Morgan fingerprint density at radius 3 is 2.37 bits per heavy atom. The van der Waals surface area contributed by atoms with Crippen LogP contribution in [0.25, 0.3) is 0 Å². The molecule has 0 saturated heterocycles. The van der Waals surface area contributed by atoms with E-state index in [1.165, 1.54) is 24.3 Å². The molecular formula is C13H11N3O3. The number of carboxylic acid groups (broad SMARTS) is 1. The third kappa shape index (κ3) is 4.14. The van der Waals surface area contributed by atoms with E-state index >= 15 is 0 Å². The zero-order chi connectivity index (χ0) is 14.3. The van der Waals surface area contributed by atoms with Crippen LogP contribution in [0.5, 0.6) is 0 Å². The first-order chi connectivity index (χ1) is 9.08. The van der Waals surface area contributed by atoms with Gasteiger partial charge in [-0.3, -0.25) is 4.79 Å². The van der Waals surface area contributed by atoms with E-state index in [0.717, 1.165) is 0 Å². The summed E-state index contributed by atoms with van der Waals surface area (Å²) in [5, 5.41) is 28.3. The lowest BCUT2D eigenvalue weighted by Gasteiger charge is -2.12. The minimum Gasteiger partial charge on any atom is -0.480 e.